The first-order chi connectivity index (χ1) is 10.5. The second-order valence-corrected chi connectivity index (χ2v) is 5.35. The summed E-state index contributed by atoms with van der Waals surface area (Å²) in [5, 5.41) is 0. The highest BCUT2D eigenvalue weighted by Gasteiger charge is 2.06. The lowest BCUT2D eigenvalue weighted by Gasteiger charge is -2.10. The van der Waals surface area contributed by atoms with Crippen LogP contribution in [0.25, 0.3) is 11.0 Å². The number of H-pyrrole nitrogens is 2. The van der Waals surface area contributed by atoms with Gasteiger partial charge in [-0.1, -0.05) is 29.8 Å². The SMILES string of the molecule is Cc1ccc(COc2cc3[nH]c(=O)c(=O)[nH]c3cc2C)cc1. The van der Waals surface area contributed by atoms with Crippen LogP contribution >= 0.6 is 0 Å². The molecule has 112 valence electrons. The predicted molar refractivity (Wildman–Crippen MR) is 85.4 cm³/mol. The van der Waals surface area contributed by atoms with Crippen LogP contribution in [-0.4, -0.2) is 9.97 Å². The summed E-state index contributed by atoms with van der Waals surface area (Å²) in [4.78, 5) is 27.8. The molecular weight excluding hydrogens is 280 g/mol. The van der Waals surface area contributed by atoms with Crippen LogP contribution in [0.4, 0.5) is 0 Å². The minimum Gasteiger partial charge on any atom is -0.489 e. The van der Waals surface area contributed by atoms with Crippen molar-refractivity contribution in [1.82, 2.24) is 9.97 Å². The molecule has 5 heteroatoms. The van der Waals surface area contributed by atoms with E-state index in [1.165, 1.54) is 5.56 Å². The highest BCUT2D eigenvalue weighted by Crippen LogP contribution is 2.23. The van der Waals surface area contributed by atoms with Crippen LogP contribution in [0.15, 0.2) is 46.0 Å². The second kappa shape index (κ2) is 5.52. The van der Waals surface area contributed by atoms with Crippen molar-refractivity contribution in [2.75, 3.05) is 0 Å². The summed E-state index contributed by atoms with van der Waals surface area (Å²) in [6, 6.07) is 11.6. The van der Waals surface area contributed by atoms with Crippen molar-refractivity contribution in [1.29, 1.82) is 0 Å². The summed E-state index contributed by atoms with van der Waals surface area (Å²) in [6.45, 7) is 4.38. The topological polar surface area (TPSA) is 75.0 Å². The normalized spacial score (nSPS) is 10.8. The summed E-state index contributed by atoms with van der Waals surface area (Å²) < 4.78 is 5.83. The molecule has 0 bridgehead atoms. The van der Waals surface area contributed by atoms with Crippen LogP contribution in [-0.2, 0) is 6.61 Å². The molecule has 0 aliphatic carbocycles. The zero-order valence-corrected chi connectivity index (χ0v) is 12.4. The van der Waals surface area contributed by atoms with E-state index in [9.17, 15) is 9.59 Å². The van der Waals surface area contributed by atoms with Crippen molar-refractivity contribution in [3.8, 4) is 5.75 Å². The molecule has 0 unspecified atom stereocenters. The highest BCUT2D eigenvalue weighted by molar-refractivity contribution is 5.76. The fourth-order valence-electron chi connectivity index (χ4n) is 2.25. The van der Waals surface area contributed by atoms with E-state index in [4.69, 9.17) is 4.74 Å². The molecule has 0 radical (unpaired) electrons. The van der Waals surface area contributed by atoms with Gasteiger partial charge in [0.1, 0.15) is 12.4 Å². The molecule has 5 nitrogen and oxygen atoms in total. The molecule has 0 saturated heterocycles. The molecule has 3 aromatic rings. The molecule has 2 N–H and O–H groups in total. The molecule has 0 spiro atoms. The van der Waals surface area contributed by atoms with E-state index in [0.717, 1.165) is 11.1 Å². The largest absolute Gasteiger partial charge is 0.489 e. The molecule has 3 rings (SSSR count). The van der Waals surface area contributed by atoms with Crippen molar-refractivity contribution in [3.63, 3.8) is 0 Å². The fraction of sp³-hybridized carbons (Fsp3) is 0.176. The number of nitrogens with one attached hydrogen (secondary N) is 2. The van der Waals surface area contributed by atoms with Crippen molar-refractivity contribution in [2.24, 2.45) is 0 Å². The van der Waals surface area contributed by atoms with Crippen LogP contribution in [0.2, 0.25) is 0 Å². The molecule has 0 amide bonds. The average molecular weight is 296 g/mol. The molecule has 0 fully saturated rings. The molecule has 1 heterocycles. The Kier molecular flexibility index (Phi) is 3.55. The average Bonchev–Trinajstić information content (AvgIpc) is 2.49. The van der Waals surface area contributed by atoms with Crippen molar-refractivity contribution in [3.05, 3.63) is 73.8 Å². The Labute approximate surface area is 126 Å². The van der Waals surface area contributed by atoms with Gasteiger partial charge in [-0.15, -0.1) is 0 Å². The van der Waals surface area contributed by atoms with Crippen LogP contribution in [0.5, 0.6) is 5.75 Å². The fourth-order valence-corrected chi connectivity index (χ4v) is 2.25. The van der Waals surface area contributed by atoms with Gasteiger partial charge in [-0.3, -0.25) is 9.59 Å². The van der Waals surface area contributed by atoms with Crippen molar-refractivity contribution in [2.45, 2.75) is 20.5 Å². The number of hydrogen-bond acceptors (Lipinski definition) is 3. The number of ether oxygens (including phenoxy) is 1. The minimum absolute atomic E-state index is 0.445. The van der Waals surface area contributed by atoms with E-state index >= 15 is 0 Å². The lowest BCUT2D eigenvalue weighted by molar-refractivity contribution is 0.304. The molecule has 1 aromatic heterocycles. The van der Waals surface area contributed by atoms with Gasteiger partial charge in [-0.25, -0.2) is 0 Å². The summed E-state index contributed by atoms with van der Waals surface area (Å²) >= 11 is 0. The quantitative estimate of drug-likeness (QED) is 0.729. The van der Waals surface area contributed by atoms with Crippen LogP contribution in [0.3, 0.4) is 0 Å². The van der Waals surface area contributed by atoms with E-state index in [-0.39, 0.29) is 0 Å². The third-order valence-corrected chi connectivity index (χ3v) is 3.53. The van der Waals surface area contributed by atoms with Crippen LogP contribution in [0, 0.1) is 13.8 Å². The van der Waals surface area contributed by atoms with Gasteiger partial charge in [0.05, 0.1) is 11.0 Å². The smallest absolute Gasteiger partial charge is 0.314 e. The molecular formula is C17H16N2O3. The van der Waals surface area contributed by atoms with Gasteiger partial charge in [0.25, 0.3) is 0 Å². The Morgan fingerprint density at radius 3 is 2.14 bits per heavy atom. The number of aromatic nitrogens is 2. The Hall–Kier alpha value is -2.82. The van der Waals surface area contributed by atoms with Gasteiger partial charge < -0.3 is 14.7 Å². The Bertz CT molecular complexity index is 937. The Morgan fingerprint density at radius 2 is 1.50 bits per heavy atom. The van der Waals surface area contributed by atoms with Crippen molar-refractivity contribution < 1.29 is 4.74 Å². The molecule has 0 aliphatic rings. The number of rotatable bonds is 3. The first kappa shape index (κ1) is 14.1. The summed E-state index contributed by atoms with van der Waals surface area (Å²) in [5.74, 6) is 0.677. The number of benzene rings is 2. The molecule has 0 saturated carbocycles. The summed E-state index contributed by atoms with van der Waals surface area (Å²) in [6.07, 6.45) is 0. The van der Waals surface area contributed by atoms with E-state index in [2.05, 4.69) is 9.97 Å². The Balaban J connectivity index is 1.91. The number of aryl methyl sites for hydroxylation is 2. The summed E-state index contributed by atoms with van der Waals surface area (Å²) in [7, 11) is 0. The zero-order chi connectivity index (χ0) is 15.7. The van der Waals surface area contributed by atoms with Gasteiger partial charge in [0, 0.05) is 6.07 Å². The van der Waals surface area contributed by atoms with Gasteiger partial charge in [-0.2, -0.15) is 0 Å². The summed E-state index contributed by atoms with van der Waals surface area (Å²) in [5.41, 5.74) is 2.98. The third kappa shape index (κ3) is 2.79. The number of fused-ring (bicyclic) bond motifs is 1. The molecule has 0 atom stereocenters. The Morgan fingerprint density at radius 1 is 0.909 bits per heavy atom. The first-order valence-electron chi connectivity index (χ1n) is 6.98. The van der Waals surface area contributed by atoms with E-state index in [1.54, 1.807) is 12.1 Å². The van der Waals surface area contributed by atoms with E-state index in [0.29, 0.717) is 23.4 Å². The monoisotopic (exact) mass is 296 g/mol. The van der Waals surface area contributed by atoms with Gasteiger partial charge in [-0.05, 0) is 31.0 Å². The predicted octanol–water partition coefficient (Wildman–Crippen LogP) is 2.41. The standard InChI is InChI=1S/C17H16N2O3/c1-10-3-5-12(6-4-10)9-22-15-8-14-13(7-11(15)2)18-16(20)17(21)19-14/h3-8H,9H2,1-2H3,(H,18,20)(H,19,21). The highest BCUT2D eigenvalue weighted by atomic mass is 16.5. The molecule has 0 aliphatic heterocycles. The van der Waals surface area contributed by atoms with Gasteiger partial charge in [0.15, 0.2) is 0 Å². The van der Waals surface area contributed by atoms with E-state index in [1.807, 2.05) is 38.1 Å². The zero-order valence-electron chi connectivity index (χ0n) is 12.4. The maximum absolute atomic E-state index is 11.4. The third-order valence-electron chi connectivity index (χ3n) is 3.53. The van der Waals surface area contributed by atoms with Gasteiger partial charge >= 0.3 is 11.1 Å². The van der Waals surface area contributed by atoms with Crippen LogP contribution < -0.4 is 15.9 Å². The second-order valence-electron chi connectivity index (χ2n) is 5.35. The maximum Gasteiger partial charge on any atom is 0.314 e. The number of aromatic amines is 2. The van der Waals surface area contributed by atoms with Crippen LogP contribution in [0.1, 0.15) is 16.7 Å². The lowest BCUT2D eigenvalue weighted by atomic mass is 10.1. The first-order valence-corrected chi connectivity index (χ1v) is 6.98. The number of hydrogen-bond donors (Lipinski definition) is 2. The molecule has 22 heavy (non-hydrogen) atoms. The molecule has 2 aromatic carbocycles. The van der Waals surface area contributed by atoms with E-state index < -0.39 is 11.1 Å². The lowest BCUT2D eigenvalue weighted by Crippen LogP contribution is -2.28. The van der Waals surface area contributed by atoms with Crippen molar-refractivity contribution >= 4 is 11.0 Å². The minimum atomic E-state index is -0.666. The maximum atomic E-state index is 11.4. The van der Waals surface area contributed by atoms with Gasteiger partial charge in [0.2, 0.25) is 0 Å².